The van der Waals surface area contributed by atoms with Crippen LogP contribution >= 0.6 is 0 Å². The van der Waals surface area contributed by atoms with Crippen LogP contribution in [-0.4, -0.2) is 32.2 Å². The maximum atomic E-state index is 5.22. The van der Waals surface area contributed by atoms with Crippen LogP contribution in [0.15, 0.2) is 23.9 Å². The summed E-state index contributed by atoms with van der Waals surface area (Å²) in [7, 11) is 5.91. The standard InChI is InChI=1S/C12H23NO/c1-6-7-8-12(13(3)4)10-9-11(2)14-5/h6-8,11H,9-10H2,1-5H3/b7-6+,12-8+. The Labute approximate surface area is 88.2 Å². The molecule has 2 nitrogen and oxygen atoms in total. The van der Waals surface area contributed by atoms with Gasteiger partial charge >= 0.3 is 0 Å². The van der Waals surface area contributed by atoms with Gasteiger partial charge in [-0.3, -0.25) is 0 Å². The summed E-state index contributed by atoms with van der Waals surface area (Å²) in [6.07, 6.45) is 8.74. The molecule has 0 spiro atoms. The minimum absolute atomic E-state index is 0.337. The molecular formula is C12H23NO. The number of ether oxygens (including phenoxy) is 1. The minimum atomic E-state index is 0.337. The van der Waals surface area contributed by atoms with Gasteiger partial charge in [-0.1, -0.05) is 12.2 Å². The monoisotopic (exact) mass is 197 g/mol. The highest BCUT2D eigenvalue weighted by atomic mass is 16.5. The summed E-state index contributed by atoms with van der Waals surface area (Å²) >= 11 is 0. The van der Waals surface area contributed by atoms with Crippen LogP contribution in [0.3, 0.4) is 0 Å². The molecule has 0 aliphatic rings. The van der Waals surface area contributed by atoms with E-state index in [4.69, 9.17) is 4.74 Å². The molecule has 0 saturated heterocycles. The third-order valence-corrected chi connectivity index (χ3v) is 2.26. The van der Waals surface area contributed by atoms with Crippen LogP contribution in [0, 0.1) is 0 Å². The van der Waals surface area contributed by atoms with Crippen molar-refractivity contribution < 1.29 is 4.74 Å². The number of methoxy groups -OCH3 is 1. The highest BCUT2D eigenvalue weighted by molar-refractivity contribution is 5.10. The van der Waals surface area contributed by atoms with E-state index in [2.05, 4.69) is 38.1 Å². The van der Waals surface area contributed by atoms with Crippen LogP contribution in [0.4, 0.5) is 0 Å². The van der Waals surface area contributed by atoms with E-state index in [-0.39, 0.29) is 0 Å². The molecule has 0 fully saturated rings. The zero-order valence-corrected chi connectivity index (χ0v) is 10.1. The fraction of sp³-hybridized carbons (Fsp3) is 0.667. The molecule has 0 aliphatic carbocycles. The van der Waals surface area contributed by atoms with Gasteiger partial charge in [0.2, 0.25) is 0 Å². The maximum absolute atomic E-state index is 5.22. The first kappa shape index (κ1) is 13.2. The van der Waals surface area contributed by atoms with E-state index in [1.807, 2.05) is 13.0 Å². The van der Waals surface area contributed by atoms with Gasteiger partial charge in [-0.05, 0) is 32.8 Å². The number of hydrogen-bond acceptors (Lipinski definition) is 2. The van der Waals surface area contributed by atoms with E-state index in [0.29, 0.717) is 6.10 Å². The van der Waals surface area contributed by atoms with Gasteiger partial charge in [0.05, 0.1) is 6.10 Å². The smallest absolute Gasteiger partial charge is 0.0546 e. The molecule has 0 rings (SSSR count). The first-order valence-electron chi connectivity index (χ1n) is 5.13. The van der Waals surface area contributed by atoms with E-state index < -0.39 is 0 Å². The molecule has 0 amide bonds. The van der Waals surface area contributed by atoms with E-state index in [0.717, 1.165) is 12.8 Å². The quantitative estimate of drug-likeness (QED) is 0.607. The first-order valence-corrected chi connectivity index (χ1v) is 5.13. The summed E-state index contributed by atoms with van der Waals surface area (Å²) in [6.45, 7) is 4.13. The van der Waals surface area contributed by atoms with Crippen molar-refractivity contribution >= 4 is 0 Å². The normalized spacial score (nSPS) is 14.8. The molecule has 1 unspecified atom stereocenters. The van der Waals surface area contributed by atoms with Crippen molar-refractivity contribution in [3.63, 3.8) is 0 Å². The Morgan fingerprint density at radius 3 is 2.50 bits per heavy atom. The van der Waals surface area contributed by atoms with E-state index in [9.17, 15) is 0 Å². The zero-order chi connectivity index (χ0) is 11.0. The van der Waals surface area contributed by atoms with Crippen LogP contribution in [0.2, 0.25) is 0 Å². The predicted octanol–water partition coefficient (Wildman–Crippen LogP) is 2.82. The number of nitrogens with zero attached hydrogens (tertiary/aromatic N) is 1. The lowest BCUT2D eigenvalue weighted by Gasteiger charge is -2.18. The summed E-state index contributed by atoms with van der Waals surface area (Å²) in [5.74, 6) is 0. The number of rotatable bonds is 6. The van der Waals surface area contributed by atoms with Crippen molar-refractivity contribution in [3.05, 3.63) is 23.9 Å². The van der Waals surface area contributed by atoms with Crippen LogP contribution in [0.5, 0.6) is 0 Å². The molecule has 1 atom stereocenters. The van der Waals surface area contributed by atoms with Gasteiger partial charge in [-0.2, -0.15) is 0 Å². The molecule has 82 valence electrons. The number of hydrogen-bond donors (Lipinski definition) is 0. The van der Waals surface area contributed by atoms with Crippen molar-refractivity contribution in [2.45, 2.75) is 32.8 Å². The fourth-order valence-corrected chi connectivity index (χ4v) is 1.13. The van der Waals surface area contributed by atoms with Crippen LogP contribution in [0.1, 0.15) is 26.7 Å². The first-order chi connectivity index (χ1) is 6.61. The van der Waals surface area contributed by atoms with E-state index >= 15 is 0 Å². The molecule has 0 N–H and O–H groups in total. The highest BCUT2D eigenvalue weighted by Crippen LogP contribution is 2.11. The van der Waals surface area contributed by atoms with E-state index in [1.54, 1.807) is 7.11 Å². The molecule has 0 saturated carbocycles. The minimum Gasteiger partial charge on any atom is -0.382 e. The Bertz CT molecular complexity index is 194. The molecule has 0 bridgehead atoms. The molecule has 0 aliphatic heterocycles. The lowest BCUT2D eigenvalue weighted by atomic mass is 10.1. The molecule has 14 heavy (non-hydrogen) atoms. The molecular weight excluding hydrogens is 174 g/mol. The van der Waals surface area contributed by atoms with Gasteiger partial charge in [0.15, 0.2) is 0 Å². The largest absolute Gasteiger partial charge is 0.382 e. The lowest BCUT2D eigenvalue weighted by molar-refractivity contribution is 0.110. The SMILES string of the molecule is C/C=C/C=C(\CCC(C)OC)N(C)C. The predicted molar refractivity (Wildman–Crippen MR) is 62.3 cm³/mol. The summed E-state index contributed by atoms with van der Waals surface area (Å²) < 4.78 is 5.22. The Kier molecular flexibility index (Phi) is 7.21. The summed E-state index contributed by atoms with van der Waals surface area (Å²) in [5.41, 5.74) is 1.34. The van der Waals surface area contributed by atoms with Gasteiger partial charge in [0.1, 0.15) is 0 Å². The Morgan fingerprint density at radius 1 is 1.43 bits per heavy atom. The Morgan fingerprint density at radius 2 is 2.07 bits per heavy atom. The van der Waals surface area contributed by atoms with Crippen molar-refractivity contribution in [2.75, 3.05) is 21.2 Å². The van der Waals surface area contributed by atoms with Crippen molar-refractivity contribution in [3.8, 4) is 0 Å². The summed E-state index contributed by atoms with van der Waals surface area (Å²) in [6, 6.07) is 0. The van der Waals surface area contributed by atoms with Crippen LogP contribution in [0.25, 0.3) is 0 Å². The van der Waals surface area contributed by atoms with Crippen molar-refractivity contribution in [1.29, 1.82) is 0 Å². The Balaban J connectivity index is 4.11. The molecule has 0 aromatic heterocycles. The average molecular weight is 197 g/mol. The summed E-state index contributed by atoms with van der Waals surface area (Å²) in [4.78, 5) is 2.16. The Hall–Kier alpha value is -0.760. The average Bonchev–Trinajstić information content (AvgIpc) is 2.16. The highest BCUT2D eigenvalue weighted by Gasteiger charge is 2.03. The fourth-order valence-electron chi connectivity index (χ4n) is 1.13. The molecule has 0 radical (unpaired) electrons. The zero-order valence-electron chi connectivity index (χ0n) is 10.1. The second-order valence-corrected chi connectivity index (χ2v) is 3.66. The van der Waals surface area contributed by atoms with E-state index in [1.165, 1.54) is 5.70 Å². The van der Waals surface area contributed by atoms with Crippen molar-refractivity contribution in [1.82, 2.24) is 4.90 Å². The molecule has 0 aromatic carbocycles. The topological polar surface area (TPSA) is 12.5 Å². The molecule has 2 heteroatoms. The third-order valence-electron chi connectivity index (χ3n) is 2.26. The maximum Gasteiger partial charge on any atom is 0.0546 e. The van der Waals surface area contributed by atoms with Gasteiger partial charge in [0.25, 0.3) is 0 Å². The van der Waals surface area contributed by atoms with Gasteiger partial charge in [0, 0.05) is 26.9 Å². The van der Waals surface area contributed by atoms with Gasteiger partial charge < -0.3 is 9.64 Å². The second kappa shape index (κ2) is 7.63. The molecule has 0 heterocycles. The van der Waals surface area contributed by atoms with Crippen LogP contribution < -0.4 is 0 Å². The van der Waals surface area contributed by atoms with Crippen molar-refractivity contribution in [2.24, 2.45) is 0 Å². The number of allylic oxidation sites excluding steroid dienone is 4. The van der Waals surface area contributed by atoms with Gasteiger partial charge in [-0.15, -0.1) is 0 Å². The summed E-state index contributed by atoms with van der Waals surface area (Å²) in [5, 5.41) is 0. The van der Waals surface area contributed by atoms with Gasteiger partial charge in [-0.25, -0.2) is 0 Å². The third kappa shape index (κ3) is 5.81. The lowest BCUT2D eigenvalue weighted by Crippen LogP contribution is -2.13. The molecule has 0 aromatic rings. The second-order valence-electron chi connectivity index (χ2n) is 3.66. The van der Waals surface area contributed by atoms with Crippen LogP contribution in [-0.2, 0) is 4.74 Å².